The van der Waals surface area contributed by atoms with E-state index in [0.29, 0.717) is 4.90 Å². The molecule has 11 heavy (non-hydrogen) atoms. The van der Waals surface area contributed by atoms with E-state index in [1.165, 1.54) is 6.20 Å². The van der Waals surface area contributed by atoms with Gasteiger partial charge in [0, 0.05) is 11.1 Å². The maximum atomic E-state index is 10.8. The first-order valence-electron chi connectivity index (χ1n) is 2.80. The third-order valence-corrected chi connectivity index (χ3v) is 1.45. The summed E-state index contributed by atoms with van der Waals surface area (Å²) in [4.78, 5) is 18.9. The van der Waals surface area contributed by atoms with Gasteiger partial charge >= 0.3 is 5.97 Å². The predicted octanol–water partition coefficient (Wildman–Crippen LogP) is 0.401. The molecule has 1 aromatic rings. The number of carbonyl (C=O) groups is 1. The Labute approximate surface area is 68.7 Å². The van der Waals surface area contributed by atoms with Crippen molar-refractivity contribution in [2.45, 2.75) is 4.90 Å². The Kier molecular flexibility index (Phi) is 2.45. The molecule has 0 aliphatic rings. The van der Waals surface area contributed by atoms with E-state index in [1.54, 1.807) is 12.1 Å². The third-order valence-electron chi connectivity index (χ3n) is 1.09. The molecule has 0 radical (unpaired) electrons. The highest BCUT2D eigenvalue weighted by atomic mass is 32.1. The lowest BCUT2D eigenvalue weighted by Gasteiger charge is -1.98. The minimum Gasteiger partial charge on any atom is -0.368 e. The van der Waals surface area contributed by atoms with Crippen molar-refractivity contribution in [3.63, 3.8) is 0 Å². The van der Waals surface area contributed by atoms with Crippen LogP contribution in [0.3, 0.4) is 0 Å². The largest absolute Gasteiger partial charge is 0.376 e. The van der Waals surface area contributed by atoms with Crippen LogP contribution in [0, 0.1) is 0 Å². The van der Waals surface area contributed by atoms with E-state index in [2.05, 4.69) is 28.3 Å². The van der Waals surface area contributed by atoms with Gasteiger partial charge in [-0.1, -0.05) is 0 Å². The second kappa shape index (κ2) is 3.36. The number of nitrogens with zero attached hydrogens (tertiary/aromatic N) is 1. The summed E-state index contributed by atoms with van der Waals surface area (Å²) in [6, 6.07) is 3.29. The molecular formula is C6H6N2O2S. The van der Waals surface area contributed by atoms with E-state index in [4.69, 9.17) is 0 Å². The van der Waals surface area contributed by atoms with Crippen molar-refractivity contribution in [3.05, 3.63) is 24.0 Å². The molecule has 0 aliphatic carbocycles. The van der Waals surface area contributed by atoms with Gasteiger partial charge < -0.3 is 4.84 Å². The van der Waals surface area contributed by atoms with Gasteiger partial charge in [-0.3, -0.25) is 0 Å². The summed E-state index contributed by atoms with van der Waals surface area (Å²) in [5.41, 5.74) is 0.123. The number of hydrogen-bond acceptors (Lipinski definition) is 5. The van der Waals surface area contributed by atoms with Crippen LogP contribution in [0.1, 0.15) is 10.5 Å². The van der Waals surface area contributed by atoms with Crippen LogP contribution < -0.4 is 5.90 Å². The average molecular weight is 170 g/mol. The van der Waals surface area contributed by atoms with Gasteiger partial charge in [-0.05, 0) is 12.1 Å². The van der Waals surface area contributed by atoms with Gasteiger partial charge in [-0.25, -0.2) is 9.78 Å². The number of nitrogens with two attached hydrogens (primary N) is 1. The predicted molar refractivity (Wildman–Crippen MR) is 41.1 cm³/mol. The average Bonchev–Trinajstić information content (AvgIpc) is 2.04. The normalized spacial score (nSPS) is 9.27. The smallest absolute Gasteiger partial charge is 0.368 e. The summed E-state index contributed by atoms with van der Waals surface area (Å²) in [6.45, 7) is 0. The quantitative estimate of drug-likeness (QED) is 0.473. The first-order valence-corrected chi connectivity index (χ1v) is 3.25. The molecular weight excluding hydrogens is 164 g/mol. The lowest BCUT2D eigenvalue weighted by atomic mass is 10.3. The fourth-order valence-corrected chi connectivity index (χ4v) is 0.845. The Hall–Kier alpha value is -1.07. The SMILES string of the molecule is NOC(=O)c1ncccc1S. The molecule has 0 fully saturated rings. The zero-order valence-corrected chi connectivity index (χ0v) is 6.41. The number of rotatable bonds is 1. The number of thiol groups is 1. The van der Waals surface area contributed by atoms with Crippen LogP contribution in [0.2, 0.25) is 0 Å². The molecule has 0 spiro atoms. The van der Waals surface area contributed by atoms with Crippen molar-refractivity contribution >= 4 is 18.6 Å². The minimum absolute atomic E-state index is 0.123. The highest BCUT2D eigenvalue weighted by Gasteiger charge is 2.09. The topological polar surface area (TPSA) is 65.2 Å². The molecule has 0 aliphatic heterocycles. The van der Waals surface area contributed by atoms with E-state index in [0.717, 1.165) is 0 Å². The van der Waals surface area contributed by atoms with Crippen molar-refractivity contribution in [1.29, 1.82) is 0 Å². The summed E-state index contributed by atoms with van der Waals surface area (Å²) in [5.74, 6) is 3.96. The standard InChI is InChI=1S/C6H6N2O2S/c7-10-6(9)5-4(11)2-1-3-8-5/h1-3,11H,7H2. The Morgan fingerprint density at radius 2 is 2.45 bits per heavy atom. The molecule has 58 valence electrons. The lowest BCUT2D eigenvalue weighted by Crippen LogP contribution is -2.12. The van der Waals surface area contributed by atoms with Crippen LogP contribution in [0.25, 0.3) is 0 Å². The Bertz CT molecular complexity index is 277. The summed E-state index contributed by atoms with van der Waals surface area (Å²) >= 11 is 3.97. The fourth-order valence-electron chi connectivity index (χ4n) is 0.610. The van der Waals surface area contributed by atoms with E-state index >= 15 is 0 Å². The highest BCUT2D eigenvalue weighted by Crippen LogP contribution is 2.09. The maximum absolute atomic E-state index is 10.8. The van der Waals surface area contributed by atoms with Crippen LogP contribution >= 0.6 is 12.6 Å². The number of hydrogen-bond donors (Lipinski definition) is 2. The monoisotopic (exact) mass is 170 g/mol. The molecule has 0 saturated carbocycles. The fraction of sp³-hybridized carbons (Fsp3) is 0. The summed E-state index contributed by atoms with van der Waals surface area (Å²) in [7, 11) is 0. The Morgan fingerprint density at radius 1 is 1.73 bits per heavy atom. The van der Waals surface area contributed by atoms with Gasteiger partial charge in [0.25, 0.3) is 0 Å². The molecule has 0 unspecified atom stereocenters. The van der Waals surface area contributed by atoms with Crippen molar-refractivity contribution < 1.29 is 9.63 Å². The molecule has 2 N–H and O–H groups in total. The van der Waals surface area contributed by atoms with Gasteiger partial charge in [0.05, 0.1) is 0 Å². The van der Waals surface area contributed by atoms with Crippen LogP contribution in [0.15, 0.2) is 23.2 Å². The third kappa shape index (κ3) is 1.69. The zero-order valence-electron chi connectivity index (χ0n) is 5.52. The first kappa shape index (κ1) is 8.03. The molecule has 0 bridgehead atoms. The number of pyridine rings is 1. The van der Waals surface area contributed by atoms with Gasteiger partial charge in [-0.2, -0.15) is 5.90 Å². The summed E-state index contributed by atoms with van der Waals surface area (Å²) in [6.07, 6.45) is 1.46. The van der Waals surface area contributed by atoms with Crippen molar-refractivity contribution in [2.75, 3.05) is 0 Å². The second-order valence-electron chi connectivity index (χ2n) is 1.78. The van der Waals surface area contributed by atoms with Crippen molar-refractivity contribution in [3.8, 4) is 0 Å². The van der Waals surface area contributed by atoms with Gasteiger partial charge in [-0.15, -0.1) is 12.6 Å². The lowest BCUT2D eigenvalue weighted by molar-refractivity contribution is 0.0492. The Balaban J connectivity index is 3.03. The molecule has 1 heterocycles. The van der Waals surface area contributed by atoms with Crippen LogP contribution in [-0.4, -0.2) is 11.0 Å². The molecule has 1 rings (SSSR count). The molecule has 0 aromatic carbocycles. The summed E-state index contributed by atoms with van der Waals surface area (Å²) < 4.78 is 0. The van der Waals surface area contributed by atoms with Gasteiger partial charge in [0.15, 0.2) is 5.69 Å². The first-order chi connectivity index (χ1) is 5.25. The minimum atomic E-state index is -0.685. The molecule has 1 aromatic heterocycles. The molecule has 0 saturated heterocycles. The van der Waals surface area contributed by atoms with Gasteiger partial charge in [0.2, 0.25) is 0 Å². The van der Waals surface area contributed by atoms with E-state index < -0.39 is 5.97 Å². The van der Waals surface area contributed by atoms with Crippen LogP contribution in [0.4, 0.5) is 0 Å². The van der Waals surface area contributed by atoms with Gasteiger partial charge in [0.1, 0.15) is 0 Å². The van der Waals surface area contributed by atoms with E-state index in [1.807, 2.05) is 0 Å². The van der Waals surface area contributed by atoms with E-state index in [-0.39, 0.29) is 5.69 Å². The number of aromatic nitrogens is 1. The van der Waals surface area contributed by atoms with Crippen molar-refractivity contribution in [2.24, 2.45) is 5.90 Å². The Morgan fingerprint density at radius 3 is 3.00 bits per heavy atom. The number of carbonyl (C=O) groups excluding carboxylic acids is 1. The van der Waals surface area contributed by atoms with Crippen LogP contribution in [-0.2, 0) is 4.84 Å². The molecule has 4 nitrogen and oxygen atoms in total. The molecule has 5 heteroatoms. The second-order valence-corrected chi connectivity index (χ2v) is 2.26. The maximum Gasteiger partial charge on any atom is 0.376 e. The summed E-state index contributed by atoms with van der Waals surface area (Å²) in [5, 5.41) is 0. The van der Waals surface area contributed by atoms with Crippen LogP contribution in [0.5, 0.6) is 0 Å². The van der Waals surface area contributed by atoms with E-state index in [9.17, 15) is 4.79 Å². The highest BCUT2D eigenvalue weighted by molar-refractivity contribution is 7.80. The zero-order chi connectivity index (χ0) is 8.27. The van der Waals surface area contributed by atoms with Crippen molar-refractivity contribution in [1.82, 2.24) is 4.98 Å². The molecule has 0 atom stereocenters. The molecule has 0 amide bonds.